The lowest BCUT2D eigenvalue weighted by Gasteiger charge is -2.24. The molecule has 0 saturated carbocycles. The van der Waals surface area contributed by atoms with Gasteiger partial charge >= 0.3 is 0 Å². The molecule has 4 nitrogen and oxygen atoms in total. The van der Waals surface area contributed by atoms with Gasteiger partial charge in [-0.3, -0.25) is 4.31 Å². The number of benzene rings is 2. The minimum Gasteiger partial charge on any atom is -0.508 e. The van der Waals surface area contributed by atoms with Crippen molar-refractivity contribution in [1.82, 2.24) is 0 Å². The van der Waals surface area contributed by atoms with Crippen LogP contribution in [0.5, 0.6) is 5.75 Å². The SMILES string of the molecule is BCCS(=O)(=O)N(Cc1ccc(O)cc1)c1sc2ccccc2c1C. The maximum Gasteiger partial charge on any atom is 0.235 e. The minimum atomic E-state index is -3.42. The summed E-state index contributed by atoms with van der Waals surface area (Å²) in [5, 5.41) is 11.3. The molecule has 3 aromatic rings. The molecule has 25 heavy (non-hydrogen) atoms. The van der Waals surface area contributed by atoms with Crippen LogP contribution in [0.25, 0.3) is 10.1 Å². The van der Waals surface area contributed by atoms with Crippen LogP contribution < -0.4 is 4.31 Å². The third-order valence-electron chi connectivity index (χ3n) is 4.11. The highest BCUT2D eigenvalue weighted by molar-refractivity contribution is 7.93. The Morgan fingerprint density at radius 3 is 2.44 bits per heavy atom. The normalized spacial score (nSPS) is 11.7. The molecule has 3 rings (SSSR count). The van der Waals surface area contributed by atoms with Gasteiger partial charge in [0.1, 0.15) is 18.6 Å². The van der Waals surface area contributed by atoms with E-state index in [2.05, 4.69) is 0 Å². The van der Waals surface area contributed by atoms with Crippen LogP contribution in [0.1, 0.15) is 11.1 Å². The van der Waals surface area contributed by atoms with Crippen molar-refractivity contribution < 1.29 is 13.5 Å². The predicted molar refractivity (Wildman–Crippen MR) is 108 cm³/mol. The summed E-state index contributed by atoms with van der Waals surface area (Å²) >= 11 is 1.50. The lowest BCUT2D eigenvalue weighted by atomic mass is 10.1. The Hall–Kier alpha value is -1.99. The van der Waals surface area contributed by atoms with Crippen LogP contribution in [-0.4, -0.2) is 27.1 Å². The first-order valence-electron chi connectivity index (χ1n) is 8.19. The summed E-state index contributed by atoms with van der Waals surface area (Å²) in [6.07, 6.45) is 0.568. The number of nitrogens with zero attached hydrogens (tertiary/aromatic N) is 1. The Balaban J connectivity index is 2.09. The van der Waals surface area contributed by atoms with Crippen LogP contribution in [-0.2, 0) is 16.6 Å². The van der Waals surface area contributed by atoms with E-state index in [0.29, 0.717) is 6.32 Å². The number of fused-ring (bicyclic) bond motifs is 1. The van der Waals surface area contributed by atoms with Crippen molar-refractivity contribution in [3.05, 3.63) is 59.7 Å². The third-order valence-corrected chi connectivity index (χ3v) is 7.42. The summed E-state index contributed by atoms with van der Waals surface area (Å²) in [5.74, 6) is 0.281. The first kappa shape index (κ1) is 17.8. The number of hydrogen-bond acceptors (Lipinski definition) is 4. The van der Waals surface area contributed by atoms with Crippen molar-refractivity contribution in [2.45, 2.75) is 19.8 Å². The number of phenols is 1. The first-order valence-corrected chi connectivity index (χ1v) is 10.6. The van der Waals surface area contributed by atoms with Gasteiger partial charge in [0.15, 0.2) is 0 Å². The zero-order chi connectivity index (χ0) is 18.0. The van der Waals surface area contributed by atoms with Gasteiger partial charge in [-0.25, -0.2) is 8.42 Å². The molecule has 0 spiro atoms. The van der Waals surface area contributed by atoms with E-state index in [1.165, 1.54) is 15.6 Å². The molecule has 0 amide bonds. The second-order valence-electron chi connectivity index (χ2n) is 6.02. The second-order valence-corrected chi connectivity index (χ2v) is 9.06. The standard InChI is InChI=1S/C18H20BNO3S2/c1-13-16-4-2-3-5-17(16)24-18(13)20(25(22,23)11-10-19)12-14-6-8-15(21)9-7-14/h2-9,21H,10-12,19H2,1H3. The molecule has 0 unspecified atom stereocenters. The van der Waals surface area contributed by atoms with Crippen LogP contribution in [0.2, 0.25) is 6.32 Å². The largest absolute Gasteiger partial charge is 0.508 e. The Morgan fingerprint density at radius 1 is 1.12 bits per heavy atom. The average molecular weight is 373 g/mol. The lowest BCUT2D eigenvalue weighted by Crippen LogP contribution is -2.32. The smallest absolute Gasteiger partial charge is 0.235 e. The molecule has 0 bridgehead atoms. The molecule has 0 aliphatic heterocycles. The van der Waals surface area contributed by atoms with Gasteiger partial charge in [0.25, 0.3) is 0 Å². The zero-order valence-electron chi connectivity index (χ0n) is 14.3. The molecular formula is C18H20BNO3S2. The molecule has 0 aliphatic carbocycles. The monoisotopic (exact) mass is 373 g/mol. The molecule has 0 saturated heterocycles. The predicted octanol–water partition coefficient (Wildman–Crippen LogP) is 3.30. The van der Waals surface area contributed by atoms with Gasteiger partial charge in [-0.05, 0) is 41.6 Å². The van der Waals surface area contributed by atoms with E-state index in [9.17, 15) is 13.5 Å². The number of rotatable bonds is 6. The highest BCUT2D eigenvalue weighted by atomic mass is 32.2. The molecule has 1 aromatic heterocycles. The molecule has 1 N–H and O–H groups in total. The van der Waals surface area contributed by atoms with Gasteiger partial charge in [-0.2, -0.15) is 0 Å². The highest BCUT2D eigenvalue weighted by Crippen LogP contribution is 2.39. The summed E-state index contributed by atoms with van der Waals surface area (Å²) in [6.45, 7) is 2.23. The van der Waals surface area contributed by atoms with Crippen molar-refractivity contribution in [3.8, 4) is 5.75 Å². The third kappa shape index (κ3) is 3.67. The van der Waals surface area contributed by atoms with Crippen molar-refractivity contribution in [2.75, 3.05) is 10.1 Å². The topological polar surface area (TPSA) is 57.6 Å². The summed E-state index contributed by atoms with van der Waals surface area (Å²) in [7, 11) is -1.55. The number of aromatic hydroxyl groups is 1. The van der Waals surface area contributed by atoms with Crippen molar-refractivity contribution >= 4 is 44.3 Å². The highest BCUT2D eigenvalue weighted by Gasteiger charge is 2.26. The van der Waals surface area contributed by atoms with Gasteiger partial charge in [0, 0.05) is 4.70 Å². The van der Waals surface area contributed by atoms with E-state index in [0.717, 1.165) is 26.2 Å². The van der Waals surface area contributed by atoms with Gasteiger partial charge in [-0.15, -0.1) is 11.3 Å². The number of phenolic OH excluding ortho intramolecular Hbond substituents is 1. The van der Waals surface area contributed by atoms with Crippen molar-refractivity contribution in [2.24, 2.45) is 0 Å². The summed E-state index contributed by atoms with van der Waals surface area (Å²) in [4.78, 5) is 0. The Morgan fingerprint density at radius 2 is 1.80 bits per heavy atom. The van der Waals surface area contributed by atoms with Crippen LogP contribution in [0.4, 0.5) is 5.00 Å². The van der Waals surface area contributed by atoms with Crippen LogP contribution >= 0.6 is 11.3 Å². The zero-order valence-corrected chi connectivity index (χ0v) is 15.9. The molecular weight excluding hydrogens is 353 g/mol. The van der Waals surface area contributed by atoms with E-state index < -0.39 is 10.0 Å². The Labute approximate surface area is 153 Å². The van der Waals surface area contributed by atoms with Gasteiger partial charge in [-0.1, -0.05) is 36.7 Å². The number of aryl methyl sites for hydroxylation is 1. The molecule has 0 fully saturated rings. The Bertz CT molecular complexity index is 981. The lowest BCUT2D eigenvalue weighted by molar-refractivity contribution is 0.475. The molecule has 1 heterocycles. The fourth-order valence-electron chi connectivity index (χ4n) is 2.83. The number of sulfonamides is 1. The molecule has 7 heteroatoms. The van der Waals surface area contributed by atoms with E-state index in [4.69, 9.17) is 0 Å². The number of hydrogen-bond donors (Lipinski definition) is 1. The van der Waals surface area contributed by atoms with Crippen molar-refractivity contribution in [1.29, 1.82) is 0 Å². The van der Waals surface area contributed by atoms with Gasteiger partial charge < -0.3 is 5.11 Å². The minimum absolute atomic E-state index is 0.110. The molecule has 130 valence electrons. The fraction of sp³-hybridized carbons (Fsp3) is 0.222. The van der Waals surface area contributed by atoms with Crippen molar-refractivity contribution in [3.63, 3.8) is 0 Å². The van der Waals surface area contributed by atoms with Crippen LogP contribution in [0, 0.1) is 6.92 Å². The van der Waals surface area contributed by atoms with E-state index in [-0.39, 0.29) is 18.0 Å². The van der Waals surface area contributed by atoms with Crippen LogP contribution in [0.15, 0.2) is 48.5 Å². The maximum atomic E-state index is 12.9. The van der Waals surface area contributed by atoms with E-state index in [1.54, 1.807) is 24.3 Å². The summed E-state index contributed by atoms with van der Waals surface area (Å²) in [6, 6.07) is 14.6. The van der Waals surface area contributed by atoms with Crippen LogP contribution in [0.3, 0.4) is 0 Å². The molecule has 0 atom stereocenters. The average Bonchev–Trinajstić information content (AvgIpc) is 2.91. The Kier molecular flexibility index (Phi) is 5.06. The van der Waals surface area contributed by atoms with E-state index in [1.807, 2.05) is 39.0 Å². The molecule has 0 radical (unpaired) electrons. The maximum absolute atomic E-state index is 12.9. The quantitative estimate of drug-likeness (QED) is 0.675. The molecule has 0 aliphatic rings. The molecule has 2 aromatic carbocycles. The number of thiophene rings is 1. The summed E-state index contributed by atoms with van der Waals surface area (Å²) in [5.41, 5.74) is 1.83. The number of anilines is 1. The summed E-state index contributed by atoms with van der Waals surface area (Å²) < 4.78 is 28.4. The second kappa shape index (κ2) is 7.10. The van der Waals surface area contributed by atoms with E-state index >= 15 is 0 Å². The van der Waals surface area contributed by atoms with Gasteiger partial charge in [0.2, 0.25) is 10.0 Å². The first-order chi connectivity index (χ1) is 11.9. The van der Waals surface area contributed by atoms with Gasteiger partial charge in [0.05, 0.1) is 12.3 Å². The fourth-order valence-corrected chi connectivity index (χ4v) is 5.87.